The zero-order valence-corrected chi connectivity index (χ0v) is 11.3. The summed E-state index contributed by atoms with van der Waals surface area (Å²) in [5, 5.41) is 3.13. The van der Waals surface area contributed by atoms with E-state index in [1.54, 1.807) is 12.1 Å². The van der Waals surface area contributed by atoms with E-state index < -0.39 is 6.36 Å². The Labute approximate surface area is 112 Å². The second kappa shape index (κ2) is 7.26. The van der Waals surface area contributed by atoms with Crippen LogP contribution in [0.5, 0.6) is 5.75 Å². The van der Waals surface area contributed by atoms with E-state index in [0.29, 0.717) is 5.69 Å². The minimum atomic E-state index is -4.66. The smallest absolute Gasteiger partial charge is 0.404 e. The molecular formula is C14H20F3NO. The lowest BCUT2D eigenvalue weighted by Crippen LogP contribution is -2.21. The highest BCUT2D eigenvalue weighted by molar-refractivity contribution is 5.56. The first-order chi connectivity index (χ1) is 8.96. The summed E-state index contributed by atoms with van der Waals surface area (Å²) in [5.74, 6) is -0.176. The molecule has 1 aromatic carbocycles. The van der Waals surface area contributed by atoms with Gasteiger partial charge in [0.05, 0.1) is 5.69 Å². The minimum Gasteiger partial charge on any atom is -0.404 e. The number of hydrogen-bond donors (Lipinski definition) is 1. The first kappa shape index (κ1) is 15.7. The van der Waals surface area contributed by atoms with Crippen molar-refractivity contribution >= 4 is 5.69 Å². The van der Waals surface area contributed by atoms with E-state index in [0.717, 1.165) is 25.7 Å². The van der Waals surface area contributed by atoms with E-state index in [9.17, 15) is 13.2 Å². The number of ether oxygens (including phenoxy) is 1. The topological polar surface area (TPSA) is 21.3 Å². The summed E-state index contributed by atoms with van der Waals surface area (Å²) >= 11 is 0. The number of alkyl halides is 3. The third-order valence-corrected chi connectivity index (χ3v) is 2.87. The molecule has 0 saturated carbocycles. The second-order valence-electron chi connectivity index (χ2n) is 4.44. The molecule has 1 N–H and O–H groups in total. The van der Waals surface area contributed by atoms with Gasteiger partial charge in [-0.1, -0.05) is 38.8 Å². The molecule has 2 nitrogen and oxygen atoms in total. The van der Waals surface area contributed by atoms with Crippen molar-refractivity contribution in [2.75, 3.05) is 5.32 Å². The minimum absolute atomic E-state index is 0.165. The monoisotopic (exact) mass is 275 g/mol. The van der Waals surface area contributed by atoms with Gasteiger partial charge in [0.15, 0.2) is 5.75 Å². The quantitative estimate of drug-likeness (QED) is 0.759. The van der Waals surface area contributed by atoms with Gasteiger partial charge in [-0.25, -0.2) is 0 Å². The molecular weight excluding hydrogens is 255 g/mol. The first-order valence-corrected chi connectivity index (χ1v) is 6.57. The van der Waals surface area contributed by atoms with Crippen molar-refractivity contribution in [2.24, 2.45) is 0 Å². The SMILES string of the molecule is CCCCC(CC)Nc1ccccc1OC(F)(F)F. The number of rotatable bonds is 7. The number of nitrogens with one attached hydrogen (secondary N) is 1. The first-order valence-electron chi connectivity index (χ1n) is 6.57. The average molecular weight is 275 g/mol. The number of anilines is 1. The Morgan fingerprint density at radius 3 is 2.47 bits per heavy atom. The molecule has 0 radical (unpaired) electrons. The summed E-state index contributed by atoms with van der Waals surface area (Å²) in [7, 11) is 0. The van der Waals surface area contributed by atoms with Gasteiger partial charge in [0, 0.05) is 6.04 Å². The molecule has 1 rings (SSSR count). The largest absolute Gasteiger partial charge is 0.573 e. The standard InChI is InChI=1S/C14H20F3NO/c1-3-5-8-11(4-2)18-12-9-6-7-10-13(12)19-14(15,16)17/h6-7,9-11,18H,3-5,8H2,1-2H3. The average Bonchev–Trinajstić information content (AvgIpc) is 2.34. The van der Waals surface area contributed by atoms with Crippen molar-refractivity contribution in [1.82, 2.24) is 0 Å². The Balaban J connectivity index is 2.76. The number of hydrogen-bond acceptors (Lipinski definition) is 2. The van der Waals surface area contributed by atoms with Crippen LogP contribution in [0.25, 0.3) is 0 Å². The van der Waals surface area contributed by atoms with Crippen LogP contribution in [-0.2, 0) is 0 Å². The van der Waals surface area contributed by atoms with Crippen molar-refractivity contribution in [3.05, 3.63) is 24.3 Å². The zero-order valence-electron chi connectivity index (χ0n) is 11.3. The molecule has 0 bridgehead atoms. The normalized spacial score (nSPS) is 13.1. The van der Waals surface area contributed by atoms with Crippen molar-refractivity contribution in [3.63, 3.8) is 0 Å². The van der Waals surface area contributed by atoms with Gasteiger partial charge in [-0.2, -0.15) is 0 Å². The summed E-state index contributed by atoms with van der Waals surface area (Å²) in [6.45, 7) is 4.11. The maximum atomic E-state index is 12.3. The van der Waals surface area contributed by atoms with Crippen molar-refractivity contribution in [2.45, 2.75) is 51.9 Å². The van der Waals surface area contributed by atoms with Crippen LogP contribution in [0.15, 0.2) is 24.3 Å². The maximum Gasteiger partial charge on any atom is 0.573 e. The highest BCUT2D eigenvalue weighted by atomic mass is 19.4. The van der Waals surface area contributed by atoms with E-state index in [1.165, 1.54) is 12.1 Å². The van der Waals surface area contributed by atoms with Gasteiger partial charge in [0.25, 0.3) is 0 Å². The highest BCUT2D eigenvalue weighted by Crippen LogP contribution is 2.31. The molecule has 5 heteroatoms. The Bertz CT molecular complexity index is 379. The third-order valence-electron chi connectivity index (χ3n) is 2.87. The predicted molar refractivity (Wildman–Crippen MR) is 70.4 cm³/mol. The predicted octanol–water partition coefficient (Wildman–Crippen LogP) is 4.97. The van der Waals surface area contributed by atoms with E-state index in [-0.39, 0.29) is 11.8 Å². The fourth-order valence-electron chi connectivity index (χ4n) is 1.85. The molecule has 0 aliphatic rings. The molecule has 0 aliphatic carbocycles. The molecule has 0 spiro atoms. The van der Waals surface area contributed by atoms with E-state index in [1.807, 2.05) is 6.92 Å². The molecule has 108 valence electrons. The molecule has 0 amide bonds. The molecule has 1 aromatic rings. The summed E-state index contributed by atoms with van der Waals surface area (Å²) in [5.41, 5.74) is 0.391. The van der Waals surface area contributed by atoms with Crippen molar-refractivity contribution in [3.8, 4) is 5.75 Å². The summed E-state index contributed by atoms with van der Waals surface area (Å²) < 4.78 is 40.9. The molecule has 0 saturated heterocycles. The lowest BCUT2D eigenvalue weighted by atomic mass is 10.1. The lowest BCUT2D eigenvalue weighted by Gasteiger charge is -2.20. The fourth-order valence-corrected chi connectivity index (χ4v) is 1.85. The third kappa shape index (κ3) is 5.85. The Morgan fingerprint density at radius 2 is 1.89 bits per heavy atom. The van der Waals surface area contributed by atoms with Gasteiger partial charge in [-0.05, 0) is 25.0 Å². The van der Waals surface area contributed by atoms with Crippen molar-refractivity contribution in [1.29, 1.82) is 0 Å². The van der Waals surface area contributed by atoms with E-state index in [2.05, 4.69) is 17.0 Å². The molecule has 0 aromatic heterocycles. The summed E-state index contributed by atoms with van der Waals surface area (Å²) in [6.07, 6.45) is -0.747. The van der Waals surface area contributed by atoms with E-state index >= 15 is 0 Å². The Kier molecular flexibility index (Phi) is 5.99. The number of unbranched alkanes of at least 4 members (excludes halogenated alkanes) is 1. The Hall–Kier alpha value is -1.39. The molecule has 0 aliphatic heterocycles. The Morgan fingerprint density at radius 1 is 1.21 bits per heavy atom. The van der Waals surface area contributed by atoms with Crippen LogP contribution in [0, 0.1) is 0 Å². The van der Waals surface area contributed by atoms with E-state index in [4.69, 9.17) is 0 Å². The fraction of sp³-hybridized carbons (Fsp3) is 0.571. The van der Waals surface area contributed by atoms with Gasteiger partial charge in [0.2, 0.25) is 0 Å². The van der Waals surface area contributed by atoms with Gasteiger partial charge in [-0.3, -0.25) is 0 Å². The molecule has 0 fully saturated rings. The number of para-hydroxylation sites is 2. The van der Waals surface area contributed by atoms with Gasteiger partial charge < -0.3 is 10.1 Å². The molecule has 1 unspecified atom stereocenters. The van der Waals surface area contributed by atoms with Gasteiger partial charge in [-0.15, -0.1) is 13.2 Å². The zero-order chi connectivity index (χ0) is 14.3. The van der Waals surface area contributed by atoms with Gasteiger partial charge >= 0.3 is 6.36 Å². The number of benzene rings is 1. The number of halogens is 3. The highest BCUT2D eigenvalue weighted by Gasteiger charge is 2.32. The van der Waals surface area contributed by atoms with Crippen LogP contribution in [0.2, 0.25) is 0 Å². The van der Waals surface area contributed by atoms with Crippen LogP contribution in [0.4, 0.5) is 18.9 Å². The molecule has 1 atom stereocenters. The van der Waals surface area contributed by atoms with Crippen molar-refractivity contribution < 1.29 is 17.9 Å². The van der Waals surface area contributed by atoms with Crippen LogP contribution in [0.3, 0.4) is 0 Å². The van der Waals surface area contributed by atoms with Crippen LogP contribution in [-0.4, -0.2) is 12.4 Å². The summed E-state index contributed by atoms with van der Waals surface area (Å²) in [4.78, 5) is 0. The van der Waals surface area contributed by atoms with Crippen LogP contribution < -0.4 is 10.1 Å². The van der Waals surface area contributed by atoms with Crippen LogP contribution >= 0.6 is 0 Å². The molecule has 0 heterocycles. The molecule has 19 heavy (non-hydrogen) atoms. The second-order valence-corrected chi connectivity index (χ2v) is 4.44. The van der Waals surface area contributed by atoms with Crippen LogP contribution in [0.1, 0.15) is 39.5 Å². The van der Waals surface area contributed by atoms with Gasteiger partial charge in [0.1, 0.15) is 0 Å². The lowest BCUT2D eigenvalue weighted by molar-refractivity contribution is -0.274. The summed E-state index contributed by atoms with van der Waals surface area (Å²) in [6, 6.07) is 6.31. The maximum absolute atomic E-state index is 12.3.